The van der Waals surface area contributed by atoms with Crippen LogP contribution in [0.15, 0.2) is 72.9 Å². The number of aromatic nitrogens is 1. The van der Waals surface area contributed by atoms with Crippen molar-refractivity contribution in [2.75, 3.05) is 4.90 Å². The summed E-state index contributed by atoms with van der Waals surface area (Å²) in [5.41, 5.74) is 4.09. The lowest BCUT2D eigenvalue weighted by atomic mass is 10.1. The van der Waals surface area contributed by atoms with Gasteiger partial charge >= 0.3 is 0 Å². The Labute approximate surface area is 167 Å². The van der Waals surface area contributed by atoms with Crippen molar-refractivity contribution in [3.8, 4) is 0 Å². The number of nitrogens with one attached hydrogen (secondary N) is 1. The molecule has 0 spiro atoms. The number of carbonyl (C=O) groups is 1. The molecule has 0 unspecified atom stereocenters. The Kier molecular flexibility index (Phi) is 6.43. The van der Waals surface area contributed by atoms with Gasteiger partial charge in [-0.05, 0) is 44.0 Å². The van der Waals surface area contributed by atoms with Gasteiger partial charge in [-0.2, -0.15) is 0 Å². The quantitative estimate of drug-likeness (QED) is 0.651. The predicted molar refractivity (Wildman–Crippen MR) is 114 cm³/mol. The first-order chi connectivity index (χ1) is 13.5. The third-order valence-corrected chi connectivity index (χ3v) is 4.70. The molecule has 0 aliphatic rings. The van der Waals surface area contributed by atoms with Crippen molar-refractivity contribution < 1.29 is 4.79 Å². The summed E-state index contributed by atoms with van der Waals surface area (Å²) in [6.07, 6.45) is 1.65. The topological polar surface area (TPSA) is 45.2 Å². The molecule has 0 bridgehead atoms. The molecule has 1 amide bonds. The van der Waals surface area contributed by atoms with Crippen LogP contribution >= 0.6 is 0 Å². The minimum atomic E-state index is -0.112. The summed E-state index contributed by atoms with van der Waals surface area (Å²) in [5, 5.41) is 2.95. The maximum atomic E-state index is 12.4. The Morgan fingerprint density at radius 3 is 2.29 bits per heavy atom. The molecule has 2 aromatic carbocycles. The second-order valence-electron chi connectivity index (χ2n) is 7.28. The fraction of sp³-hybridized carbons (Fsp3) is 0.250. The molecule has 4 heteroatoms. The van der Waals surface area contributed by atoms with E-state index in [1.807, 2.05) is 61.5 Å². The second-order valence-corrected chi connectivity index (χ2v) is 7.28. The van der Waals surface area contributed by atoms with Crippen LogP contribution in [0.25, 0.3) is 0 Å². The van der Waals surface area contributed by atoms with Crippen LogP contribution in [0.4, 0.5) is 5.82 Å². The molecule has 0 radical (unpaired) electrons. The third-order valence-electron chi connectivity index (χ3n) is 4.70. The van der Waals surface area contributed by atoms with E-state index in [0.29, 0.717) is 18.2 Å². The highest BCUT2D eigenvalue weighted by atomic mass is 16.1. The minimum Gasteiger partial charge on any atom is -0.350 e. The first-order valence-corrected chi connectivity index (χ1v) is 9.63. The molecule has 4 nitrogen and oxygen atoms in total. The minimum absolute atomic E-state index is 0.112. The van der Waals surface area contributed by atoms with Crippen LogP contribution in [0.1, 0.15) is 40.9 Å². The lowest BCUT2D eigenvalue weighted by molar-refractivity contribution is 0.0950. The number of rotatable bonds is 7. The van der Waals surface area contributed by atoms with E-state index in [0.717, 1.165) is 17.9 Å². The Balaban J connectivity index is 1.65. The molecule has 1 heterocycles. The van der Waals surface area contributed by atoms with Gasteiger partial charge in [-0.3, -0.25) is 4.79 Å². The fourth-order valence-corrected chi connectivity index (χ4v) is 2.99. The molecule has 0 fully saturated rings. The second kappa shape index (κ2) is 9.18. The molecule has 1 aromatic heterocycles. The SMILES string of the molecule is Cc1ccc(CNC(=O)c2ccc(N(Cc3ccccc3)C(C)C)nc2)cc1. The van der Waals surface area contributed by atoms with Crippen molar-refractivity contribution >= 4 is 11.7 Å². The normalized spacial score (nSPS) is 10.7. The number of hydrogen-bond acceptors (Lipinski definition) is 3. The Bertz CT molecular complexity index is 887. The van der Waals surface area contributed by atoms with Crippen molar-refractivity contribution in [1.29, 1.82) is 0 Å². The van der Waals surface area contributed by atoms with Gasteiger partial charge in [0.2, 0.25) is 0 Å². The largest absolute Gasteiger partial charge is 0.350 e. The van der Waals surface area contributed by atoms with Crippen molar-refractivity contribution in [2.45, 2.75) is 39.9 Å². The molecule has 144 valence electrons. The lowest BCUT2D eigenvalue weighted by Gasteiger charge is -2.28. The molecule has 0 aliphatic heterocycles. The number of benzene rings is 2. The summed E-state index contributed by atoms with van der Waals surface area (Å²) in [5.74, 6) is 0.757. The van der Waals surface area contributed by atoms with Gasteiger partial charge in [-0.1, -0.05) is 60.2 Å². The molecule has 0 saturated heterocycles. The number of carbonyl (C=O) groups excluding carboxylic acids is 1. The third kappa shape index (κ3) is 5.19. The smallest absolute Gasteiger partial charge is 0.253 e. The van der Waals surface area contributed by atoms with Gasteiger partial charge in [0.25, 0.3) is 5.91 Å². The van der Waals surface area contributed by atoms with E-state index >= 15 is 0 Å². The molecule has 0 aliphatic carbocycles. The monoisotopic (exact) mass is 373 g/mol. The van der Waals surface area contributed by atoms with Gasteiger partial charge in [0.15, 0.2) is 0 Å². The van der Waals surface area contributed by atoms with E-state index in [-0.39, 0.29) is 5.91 Å². The van der Waals surface area contributed by atoms with Gasteiger partial charge < -0.3 is 10.2 Å². The number of amides is 1. The maximum absolute atomic E-state index is 12.4. The highest BCUT2D eigenvalue weighted by Crippen LogP contribution is 2.18. The highest BCUT2D eigenvalue weighted by Gasteiger charge is 2.14. The van der Waals surface area contributed by atoms with Gasteiger partial charge in [-0.25, -0.2) is 4.98 Å². The van der Waals surface area contributed by atoms with Crippen LogP contribution in [0.2, 0.25) is 0 Å². The molecule has 3 rings (SSSR count). The van der Waals surface area contributed by atoms with Gasteiger partial charge in [0.1, 0.15) is 5.82 Å². The number of pyridine rings is 1. The first-order valence-electron chi connectivity index (χ1n) is 9.63. The van der Waals surface area contributed by atoms with E-state index in [1.165, 1.54) is 11.1 Å². The summed E-state index contributed by atoms with van der Waals surface area (Å²) < 4.78 is 0. The molecule has 1 N–H and O–H groups in total. The van der Waals surface area contributed by atoms with Crippen LogP contribution in [-0.2, 0) is 13.1 Å². The summed E-state index contributed by atoms with van der Waals surface area (Å²) in [6.45, 7) is 7.63. The van der Waals surface area contributed by atoms with Crippen LogP contribution in [0.3, 0.4) is 0 Å². The predicted octanol–water partition coefficient (Wildman–Crippen LogP) is 4.74. The van der Waals surface area contributed by atoms with Gasteiger partial charge in [-0.15, -0.1) is 0 Å². The Morgan fingerprint density at radius 2 is 1.68 bits per heavy atom. The number of hydrogen-bond donors (Lipinski definition) is 1. The first kappa shape index (κ1) is 19.6. The molecule has 0 atom stereocenters. The van der Waals surface area contributed by atoms with Crippen molar-refractivity contribution in [1.82, 2.24) is 10.3 Å². The summed E-state index contributed by atoms with van der Waals surface area (Å²) in [4.78, 5) is 19.2. The Hall–Kier alpha value is -3.14. The maximum Gasteiger partial charge on any atom is 0.253 e. The highest BCUT2D eigenvalue weighted by molar-refractivity contribution is 5.94. The molecular formula is C24H27N3O. The van der Waals surface area contributed by atoms with E-state index in [4.69, 9.17) is 0 Å². The van der Waals surface area contributed by atoms with Crippen molar-refractivity contribution in [3.05, 3.63) is 95.2 Å². The number of aryl methyl sites for hydroxylation is 1. The van der Waals surface area contributed by atoms with E-state index < -0.39 is 0 Å². The average Bonchev–Trinajstić information content (AvgIpc) is 2.72. The standard InChI is InChI=1S/C24H27N3O/c1-18(2)27(17-21-7-5-4-6-8-21)23-14-13-22(16-25-23)24(28)26-15-20-11-9-19(3)10-12-20/h4-14,16,18H,15,17H2,1-3H3,(H,26,28). The number of nitrogens with zero attached hydrogens (tertiary/aromatic N) is 2. The lowest BCUT2D eigenvalue weighted by Crippen LogP contribution is -2.31. The van der Waals surface area contributed by atoms with E-state index in [9.17, 15) is 4.79 Å². The summed E-state index contributed by atoms with van der Waals surface area (Å²) >= 11 is 0. The summed E-state index contributed by atoms with van der Waals surface area (Å²) in [6, 6.07) is 22.5. The molecule has 3 aromatic rings. The van der Waals surface area contributed by atoms with E-state index in [1.54, 1.807) is 6.20 Å². The average molecular weight is 374 g/mol. The zero-order valence-corrected chi connectivity index (χ0v) is 16.7. The van der Waals surface area contributed by atoms with E-state index in [2.05, 4.69) is 41.2 Å². The van der Waals surface area contributed by atoms with Crippen molar-refractivity contribution in [3.63, 3.8) is 0 Å². The van der Waals surface area contributed by atoms with Crippen LogP contribution in [-0.4, -0.2) is 16.9 Å². The van der Waals surface area contributed by atoms with Gasteiger partial charge in [0.05, 0.1) is 5.56 Å². The zero-order chi connectivity index (χ0) is 19.9. The zero-order valence-electron chi connectivity index (χ0n) is 16.7. The molecule has 28 heavy (non-hydrogen) atoms. The number of anilines is 1. The molecule has 0 saturated carbocycles. The van der Waals surface area contributed by atoms with Gasteiger partial charge in [0, 0.05) is 25.3 Å². The fourth-order valence-electron chi connectivity index (χ4n) is 2.99. The van der Waals surface area contributed by atoms with Crippen molar-refractivity contribution in [2.24, 2.45) is 0 Å². The van der Waals surface area contributed by atoms with Crippen LogP contribution < -0.4 is 10.2 Å². The Morgan fingerprint density at radius 1 is 0.964 bits per heavy atom. The van der Waals surface area contributed by atoms with Crippen LogP contribution in [0, 0.1) is 6.92 Å². The molecular weight excluding hydrogens is 346 g/mol. The van der Waals surface area contributed by atoms with Crippen LogP contribution in [0.5, 0.6) is 0 Å². The summed E-state index contributed by atoms with van der Waals surface area (Å²) in [7, 11) is 0.